The lowest BCUT2D eigenvalue weighted by atomic mass is 10.1. The Bertz CT molecular complexity index is 387. The highest BCUT2D eigenvalue weighted by Crippen LogP contribution is 2.24. The maximum absolute atomic E-state index is 13.0. The number of hydrogen-bond acceptors (Lipinski definition) is 2. The van der Waals surface area contributed by atoms with Crippen molar-refractivity contribution in [1.29, 1.82) is 0 Å². The standard InChI is InChI=1S/C10H9FINO2/c11-6-1-2-8(12)7(3-6)9-4-13-10(14)5-15-9/h1-3,9H,4-5H2,(H,13,14). The van der Waals surface area contributed by atoms with E-state index in [1.165, 1.54) is 12.1 Å². The van der Waals surface area contributed by atoms with Gasteiger partial charge in [-0.05, 0) is 46.4 Å². The first-order valence-corrected chi connectivity index (χ1v) is 5.58. The summed E-state index contributed by atoms with van der Waals surface area (Å²) in [4.78, 5) is 10.9. The van der Waals surface area contributed by atoms with Crippen LogP contribution in [0.4, 0.5) is 4.39 Å². The molecule has 3 nitrogen and oxygen atoms in total. The molecular weight excluding hydrogens is 312 g/mol. The molecule has 0 bridgehead atoms. The molecule has 1 atom stereocenters. The molecule has 1 unspecified atom stereocenters. The number of carbonyl (C=O) groups is 1. The molecule has 1 aliphatic heterocycles. The molecule has 1 saturated heterocycles. The van der Waals surface area contributed by atoms with Gasteiger partial charge in [0.05, 0.1) is 0 Å². The number of halogens is 2. The molecule has 2 rings (SSSR count). The maximum atomic E-state index is 13.0. The van der Waals surface area contributed by atoms with Gasteiger partial charge in [0, 0.05) is 10.1 Å². The van der Waals surface area contributed by atoms with Crippen LogP contribution in [0.25, 0.3) is 0 Å². The van der Waals surface area contributed by atoms with E-state index in [2.05, 4.69) is 27.9 Å². The molecule has 0 radical (unpaired) electrons. The second kappa shape index (κ2) is 4.44. The zero-order chi connectivity index (χ0) is 10.8. The van der Waals surface area contributed by atoms with Crippen LogP contribution in [0.1, 0.15) is 11.7 Å². The van der Waals surface area contributed by atoms with Crippen molar-refractivity contribution in [2.24, 2.45) is 0 Å². The molecule has 0 aliphatic carbocycles. The molecule has 1 N–H and O–H groups in total. The third-order valence-corrected chi connectivity index (χ3v) is 3.19. The Balaban J connectivity index is 2.21. The monoisotopic (exact) mass is 321 g/mol. The Morgan fingerprint density at radius 1 is 1.53 bits per heavy atom. The number of hydrogen-bond donors (Lipinski definition) is 1. The van der Waals surface area contributed by atoms with Crippen molar-refractivity contribution >= 4 is 28.5 Å². The number of benzene rings is 1. The number of amides is 1. The zero-order valence-electron chi connectivity index (χ0n) is 7.80. The van der Waals surface area contributed by atoms with Gasteiger partial charge in [0.15, 0.2) is 0 Å². The van der Waals surface area contributed by atoms with Crippen molar-refractivity contribution < 1.29 is 13.9 Å². The highest BCUT2D eigenvalue weighted by Gasteiger charge is 2.22. The molecule has 0 spiro atoms. The fraction of sp³-hybridized carbons (Fsp3) is 0.300. The fourth-order valence-corrected chi connectivity index (χ4v) is 2.14. The van der Waals surface area contributed by atoms with Crippen LogP contribution in [0.5, 0.6) is 0 Å². The number of ether oxygens (including phenoxy) is 1. The van der Waals surface area contributed by atoms with Gasteiger partial charge in [0.2, 0.25) is 5.91 Å². The SMILES string of the molecule is O=C1COC(c2cc(F)ccc2I)CN1. The first-order valence-electron chi connectivity index (χ1n) is 4.50. The van der Waals surface area contributed by atoms with E-state index >= 15 is 0 Å². The van der Waals surface area contributed by atoms with E-state index in [-0.39, 0.29) is 24.4 Å². The van der Waals surface area contributed by atoms with Crippen molar-refractivity contribution in [3.63, 3.8) is 0 Å². The number of carbonyl (C=O) groups excluding carboxylic acids is 1. The van der Waals surface area contributed by atoms with E-state index < -0.39 is 0 Å². The van der Waals surface area contributed by atoms with Crippen LogP contribution in [-0.4, -0.2) is 19.1 Å². The second-order valence-corrected chi connectivity index (χ2v) is 4.43. The highest BCUT2D eigenvalue weighted by atomic mass is 127. The Kier molecular flexibility index (Phi) is 3.20. The van der Waals surface area contributed by atoms with Crippen molar-refractivity contribution in [3.8, 4) is 0 Å². The molecule has 1 aromatic rings. The van der Waals surface area contributed by atoms with Gasteiger partial charge in [-0.25, -0.2) is 4.39 Å². The normalized spacial score (nSPS) is 21.2. The quantitative estimate of drug-likeness (QED) is 0.799. The minimum absolute atomic E-state index is 0.0389. The smallest absolute Gasteiger partial charge is 0.246 e. The summed E-state index contributed by atoms with van der Waals surface area (Å²) in [7, 11) is 0. The van der Waals surface area contributed by atoms with E-state index in [1.54, 1.807) is 6.07 Å². The molecule has 15 heavy (non-hydrogen) atoms. The fourth-order valence-electron chi connectivity index (χ4n) is 1.45. The van der Waals surface area contributed by atoms with Crippen LogP contribution in [0.3, 0.4) is 0 Å². The molecule has 1 heterocycles. The van der Waals surface area contributed by atoms with Gasteiger partial charge < -0.3 is 10.1 Å². The van der Waals surface area contributed by atoms with Gasteiger partial charge in [-0.15, -0.1) is 0 Å². The topological polar surface area (TPSA) is 38.3 Å². The predicted molar refractivity (Wildman–Crippen MR) is 60.8 cm³/mol. The van der Waals surface area contributed by atoms with E-state index in [9.17, 15) is 9.18 Å². The molecule has 1 aliphatic rings. The predicted octanol–water partition coefficient (Wildman–Crippen LogP) is 1.62. The molecular formula is C10H9FINO2. The summed E-state index contributed by atoms with van der Waals surface area (Å²) in [5.74, 6) is -0.413. The third-order valence-electron chi connectivity index (χ3n) is 2.21. The Morgan fingerprint density at radius 3 is 3.00 bits per heavy atom. The lowest BCUT2D eigenvalue weighted by Gasteiger charge is -2.24. The molecule has 1 fully saturated rings. The number of nitrogens with one attached hydrogen (secondary N) is 1. The average Bonchev–Trinajstić information content (AvgIpc) is 2.23. The summed E-state index contributed by atoms with van der Waals surface area (Å²) in [6, 6.07) is 4.56. The summed E-state index contributed by atoms with van der Waals surface area (Å²) < 4.78 is 19.3. The van der Waals surface area contributed by atoms with Gasteiger partial charge >= 0.3 is 0 Å². The highest BCUT2D eigenvalue weighted by molar-refractivity contribution is 14.1. The van der Waals surface area contributed by atoms with Crippen LogP contribution in [0.15, 0.2) is 18.2 Å². The Hall–Kier alpha value is -0.690. The van der Waals surface area contributed by atoms with Gasteiger partial charge in [-0.2, -0.15) is 0 Å². The van der Waals surface area contributed by atoms with Crippen molar-refractivity contribution in [3.05, 3.63) is 33.1 Å². The van der Waals surface area contributed by atoms with E-state index in [1.807, 2.05) is 0 Å². The van der Waals surface area contributed by atoms with E-state index in [4.69, 9.17) is 4.74 Å². The van der Waals surface area contributed by atoms with Gasteiger partial charge in [-0.3, -0.25) is 4.79 Å². The Labute approximate surface area is 100 Å². The third kappa shape index (κ3) is 2.46. The molecule has 1 amide bonds. The molecule has 1 aromatic carbocycles. The zero-order valence-corrected chi connectivity index (χ0v) is 9.95. The summed E-state index contributed by atoms with van der Waals surface area (Å²) in [6.45, 7) is 0.440. The van der Waals surface area contributed by atoms with Crippen molar-refractivity contribution in [2.45, 2.75) is 6.10 Å². The van der Waals surface area contributed by atoms with Crippen LogP contribution in [0.2, 0.25) is 0 Å². The molecule has 0 saturated carbocycles. The summed E-state index contributed by atoms with van der Waals surface area (Å²) in [5.41, 5.74) is 0.788. The summed E-state index contributed by atoms with van der Waals surface area (Å²) in [6.07, 6.45) is -0.245. The van der Waals surface area contributed by atoms with Crippen LogP contribution in [0, 0.1) is 9.39 Å². The van der Waals surface area contributed by atoms with E-state index in [0.29, 0.717) is 6.54 Å². The van der Waals surface area contributed by atoms with Gasteiger partial charge in [0.1, 0.15) is 18.5 Å². The molecule has 5 heteroatoms. The molecule has 0 aromatic heterocycles. The minimum Gasteiger partial charge on any atom is -0.362 e. The lowest BCUT2D eigenvalue weighted by Crippen LogP contribution is -2.38. The second-order valence-electron chi connectivity index (χ2n) is 3.27. The largest absolute Gasteiger partial charge is 0.362 e. The summed E-state index contributed by atoms with van der Waals surface area (Å²) in [5, 5.41) is 2.69. The van der Waals surface area contributed by atoms with Gasteiger partial charge in [-0.1, -0.05) is 0 Å². The van der Waals surface area contributed by atoms with Crippen molar-refractivity contribution in [2.75, 3.05) is 13.2 Å². The van der Waals surface area contributed by atoms with E-state index in [0.717, 1.165) is 9.13 Å². The Morgan fingerprint density at radius 2 is 2.33 bits per heavy atom. The number of rotatable bonds is 1. The molecule has 80 valence electrons. The maximum Gasteiger partial charge on any atom is 0.246 e. The van der Waals surface area contributed by atoms with Gasteiger partial charge in [0.25, 0.3) is 0 Å². The number of morpholine rings is 1. The first kappa shape index (κ1) is 10.8. The van der Waals surface area contributed by atoms with Crippen molar-refractivity contribution in [1.82, 2.24) is 5.32 Å². The van der Waals surface area contributed by atoms with Crippen LogP contribution >= 0.6 is 22.6 Å². The summed E-state index contributed by atoms with van der Waals surface area (Å²) >= 11 is 2.13. The van der Waals surface area contributed by atoms with Crippen LogP contribution in [-0.2, 0) is 9.53 Å². The van der Waals surface area contributed by atoms with Crippen LogP contribution < -0.4 is 5.32 Å². The average molecular weight is 321 g/mol. The minimum atomic E-state index is -0.286. The first-order chi connectivity index (χ1) is 7.16. The lowest BCUT2D eigenvalue weighted by molar-refractivity contribution is -0.133.